The van der Waals surface area contributed by atoms with Gasteiger partial charge >= 0.3 is 5.97 Å². The summed E-state index contributed by atoms with van der Waals surface area (Å²) in [4.78, 5) is 39.7. The van der Waals surface area contributed by atoms with Crippen LogP contribution < -0.4 is 20.1 Å². The molecular formula is C23H23N3O6S. The second kappa shape index (κ2) is 11.1. The van der Waals surface area contributed by atoms with E-state index in [-0.39, 0.29) is 12.3 Å². The zero-order chi connectivity index (χ0) is 23.8. The van der Waals surface area contributed by atoms with Crippen LogP contribution in [0.15, 0.2) is 47.8 Å². The lowest BCUT2D eigenvalue weighted by Gasteiger charge is -2.08. The molecule has 1 heterocycles. The topological polar surface area (TPSA) is 116 Å². The third-order valence-corrected chi connectivity index (χ3v) is 5.30. The van der Waals surface area contributed by atoms with Crippen LogP contribution >= 0.6 is 11.3 Å². The number of methoxy groups -OCH3 is 2. The third-order valence-electron chi connectivity index (χ3n) is 4.36. The predicted octanol–water partition coefficient (Wildman–Crippen LogP) is 3.51. The van der Waals surface area contributed by atoms with Gasteiger partial charge in [0.1, 0.15) is 5.01 Å². The highest BCUT2D eigenvalue weighted by Gasteiger charge is 2.14. The van der Waals surface area contributed by atoms with E-state index in [4.69, 9.17) is 14.2 Å². The van der Waals surface area contributed by atoms with Gasteiger partial charge in [-0.3, -0.25) is 14.4 Å². The van der Waals surface area contributed by atoms with Gasteiger partial charge in [-0.25, -0.2) is 4.98 Å². The normalized spacial score (nSPS) is 10.3. The summed E-state index contributed by atoms with van der Waals surface area (Å²) >= 11 is 1.39. The van der Waals surface area contributed by atoms with Crippen molar-refractivity contribution in [3.05, 3.63) is 53.5 Å². The van der Waals surface area contributed by atoms with Crippen LogP contribution in [0.5, 0.6) is 11.5 Å². The van der Waals surface area contributed by atoms with Gasteiger partial charge in [0.15, 0.2) is 18.1 Å². The number of hydrogen-bond donors (Lipinski definition) is 2. The van der Waals surface area contributed by atoms with E-state index in [1.807, 2.05) is 12.1 Å². The predicted molar refractivity (Wildman–Crippen MR) is 125 cm³/mol. The fourth-order valence-corrected chi connectivity index (χ4v) is 3.69. The molecule has 0 unspecified atom stereocenters. The van der Waals surface area contributed by atoms with Crippen molar-refractivity contribution in [3.63, 3.8) is 0 Å². The molecule has 0 fully saturated rings. The largest absolute Gasteiger partial charge is 0.493 e. The van der Waals surface area contributed by atoms with Crippen LogP contribution in [0, 0.1) is 0 Å². The average molecular weight is 470 g/mol. The highest BCUT2D eigenvalue weighted by atomic mass is 32.1. The molecule has 0 aliphatic heterocycles. The summed E-state index contributed by atoms with van der Waals surface area (Å²) < 4.78 is 15.6. The van der Waals surface area contributed by atoms with Crippen LogP contribution in [0.2, 0.25) is 0 Å². The lowest BCUT2D eigenvalue weighted by molar-refractivity contribution is -0.146. The van der Waals surface area contributed by atoms with E-state index < -0.39 is 18.5 Å². The number of aromatic nitrogens is 1. The van der Waals surface area contributed by atoms with Crippen molar-refractivity contribution in [1.29, 1.82) is 0 Å². The Balaban J connectivity index is 1.50. The first-order chi connectivity index (χ1) is 15.9. The molecule has 0 aliphatic rings. The highest BCUT2D eigenvalue weighted by molar-refractivity contribution is 7.13. The van der Waals surface area contributed by atoms with E-state index in [0.29, 0.717) is 28.6 Å². The highest BCUT2D eigenvalue weighted by Crippen LogP contribution is 2.33. The van der Waals surface area contributed by atoms with Crippen LogP contribution in [0.3, 0.4) is 0 Å². The Morgan fingerprint density at radius 2 is 1.61 bits per heavy atom. The molecule has 2 N–H and O–H groups in total. The Morgan fingerprint density at radius 3 is 2.24 bits per heavy atom. The van der Waals surface area contributed by atoms with Crippen LogP contribution in [0.1, 0.15) is 12.6 Å². The summed E-state index contributed by atoms with van der Waals surface area (Å²) in [6.45, 7) is 0.992. The number of rotatable bonds is 9. The lowest BCUT2D eigenvalue weighted by atomic mass is 10.2. The van der Waals surface area contributed by atoms with E-state index in [2.05, 4.69) is 15.6 Å². The van der Waals surface area contributed by atoms with Crippen molar-refractivity contribution in [2.24, 2.45) is 0 Å². The summed E-state index contributed by atoms with van der Waals surface area (Å²) in [5.41, 5.74) is 2.51. The number of thiazole rings is 1. The maximum atomic E-state index is 12.1. The maximum Gasteiger partial charge on any atom is 0.312 e. The summed E-state index contributed by atoms with van der Waals surface area (Å²) in [7, 11) is 3.12. The van der Waals surface area contributed by atoms with E-state index in [9.17, 15) is 14.4 Å². The van der Waals surface area contributed by atoms with E-state index in [1.54, 1.807) is 49.9 Å². The lowest BCUT2D eigenvalue weighted by Crippen LogP contribution is -2.21. The van der Waals surface area contributed by atoms with Crippen molar-refractivity contribution in [1.82, 2.24) is 4.98 Å². The maximum absolute atomic E-state index is 12.1. The van der Waals surface area contributed by atoms with Crippen molar-refractivity contribution in [2.75, 3.05) is 31.5 Å². The number of anilines is 2. The Kier molecular flexibility index (Phi) is 7.98. The minimum absolute atomic E-state index is 0.0531. The second-order valence-electron chi connectivity index (χ2n) is 6.86. The number of benzene rings is 2. The first kappa shape index (κ1) is 23.7. The number of amides is 2. The quantitative estimate of drug-likeness (QED) is 0.461. The molecule has 3 aromatic rings. The molecule has 0 spiro atoms. The molecule has 2 amide bonds. The Morgan fingerprint density at radius 1 is 0.939 bits per heavy atom. The number of carbonyl (C=O) groups is 3. The molecule has 0 saturated carbocycles. The number of hydrogen-bond acceptors (Lipinski definition) is 8. The Hall–Kier alpha value is -3.92. The summed E-state index contributed by atoms with van der Waals surface area (Å²) in [6.07, 6.45) is -0.0531. The molecular weight excluding hydrogens is 446 g/mol. The zero-order valence-electron chi connectivity index (χ0n) is 18.3. The number of nitrogens with one attached hydrogen (secondary N) is 2. The average Bonchev–Trinajstić information content (AvgIpc) is 3.26. The van der Waals surface area contributed by atoms with Gasteiger partial charge in [0.25, 0.3) is 5.91 Å². The van der Waals surface area contributed by atoms with Crippen LogP contribution in [-0.2, 0) is 25.5 Å². The fourth-order valence-electron chi connectivity index (χ4n) is 2.87. The third kappa shape index (κ3) is 6.78. The summed E-state index contributed by atoms with van der Waals surface area (Å²) in [5.74, 6) is -0.0182. The summed E-state index contributed by atoms with van der Waals surface area (Å²) in [5, 5.41) is 7.75. The van der Waals surface area contributed by atoms with Gasteiger partial charge in [-0.15, -0.1) is 11.3 Å². The van der Waals surface area contributed by atoms with Crippen molar-refractivity contribution in [2.45, 2.75) is 13.3 Å². The Bertz CT molecular complexity index is 1140. The van der Waals surface area contributed by atoms with Gasteiger partial charge in [0.05, 0.1) is 26.3 Å². The van der Waals surface area contributed by atoms with E-state index in [1.165, 1.54) is 18.3 Å². The molecule has 2 aromatic carbocycles. The minimum Gasteiger partial charge on any atom is -0.493 e. The standard InChI is InChI=1S/C23H23N3O6S/c1-14(27)24-16-5-7-17(8-6-16)25-21(28)12-32-22(29)11-18-13-33-23(26-18)15-4-9-19(30-2)20(10-15)31-3/h4-10,13H,11-12H2,1-3H3,(H,24,27)(H,25,28). The fraction of sp³-hybridized carbons (Fsp3) is 0.217. The summed E-state index contributed by atoms with van der Waals surface area (Å²) in [6, 6.07) is 12.0. The van der Waals surface area contributed by atoms with Gasteiger partial charge in [-0.1, -0.05) is 0 Å². The molecule has 0 radical (unpaired) electrons. The zero-order valence-corrected chi connectivity index (χ0v) is 19.2. The van der Waals surface area contributed by atoms with Crippen LogP contribution in [0.25, 0.3) is 10.6 Å². The molecule has 0 saturated heterocycles. The van der Waals surface area contributed by atoms with Gasteiger partial charge in [0.2, 0.25) is 5.91 Å². The molecule has 9 nitrogen and oxygen atoms in total. The SMILES string of the molecule is COc1ccc(-c2nc(CC(=O)OCC(=O)Nc3ccc(NC(C)=O)cc3)cs2)cc1OC. The number of carbonyl (C=O) groups excluding carboxylic acids is 3. The molecule has 0 atom stereocenters. The first-order valence-electron chi connectivity index (χ1n) is 9.88. The minimum atomic E-state index is -0.560. The van der Waals surface area contributed by atoms with E-state index in [0.717, 1.165) is 10.6 Å². The monoisotopic (exact) mass is 469 g/mol. The van der Waals surface area contributed by atoms with Gasteiger partial charge in [-0.2, -0.15) is 0 Å². The molecule has 3 rings (SSSR count). The number of esters is 1. The molecule has 10 heteroatoms. The van der Waals surface area contributed by atoms with Gasteiger partial charge in [0, 0.05) is 29.2 Å². The molecule has 1 aromatic heterocycles. The van der Waals surface area contributed by atoms with Crippen molar-refractivity contribution < 1.29 is 28.6 Å². The van der Waals surface area contributed by atoms with Gasteiger partial charge < -0.3 is 24.8 Å². The molecule has 172 valence electrons. The molecule has 0 aliphatic carbocycles. The second-order valence-corrected chi connectivity index (χ2v) is 7.72. The molecule has 0 bridgehead atoms. The van der Waals surface area contributed by atoms with Crippen LogP contribution in [-0.4, -0.2) is 43.6 Å². The number of ether oxygens (including phenoxy) is 3. The van der Waals surface area contributed by atoms with Crippen molar-refractivity contribution in [3.8, 4) is 22.1 Å². The van der Waals surface area contributed by atoms with E-state index >= 15 is 0 Å². The number of nitrogens with zero attached hydrogens (tertiary/aromatic N) is 1. The molecule has 33 heavy (non-hydrogen) atoms. The van der Waals surface area contributed by atoms with Crippen LogP contribution in [0.4, 0.5) is 11.4 Å². The van der Waals surface area contributed by atoms with Gasteiger partial charge in [-0.05, 0) is 42.5 Å². The van der Waals surface area contributed by atoms with Crippen molar-refractivity contribution >= 4 is 40.5 Å². The first-order valence-corrected chi connectivity index (χ1v) is 10.8. The smallest absolute Gasteiger partial charge is 0.312 e. The Labute approximate surface area is 194 Å².